The molecule has 0 bridgehead atoms. The van der Waals surface area contributed by atoms with Gasteiger partial charge >= 0.3 is 0 Å². The summed E-state index contributed by atoms with van der Waals surface area (Å²) < 4.78 is 0. The maximum atomic E-state index is 2.43. The molecule has 0 aliphatic carbocycles. The van der Waals surface area contributed by atoms with Crippen molar-refractivity contribution < 1.29 is 0 Å². The second kappa shape index (κ2) is 29.0. The fraction of sp³-hybridized carbons (Fsp3) is 0. The zero-order valence-electron chi connectivity index (χ0n) is 66.9. The third-order valence-electron chi connectivity index (χ3n) is 26.0. The van der Waals surface area contributed by atoms with Crippen LogP contribution < -0.4 is 0 Å². The van der Waals surface area contributed by atoms with E-state index in [1.807, 2.05) is 0 Å². The van der Waals surface area contributed by atoms with Gasteiger partial charge in [-0.05, 0) is 274 Å². The zero-order chi connectivity index (χ0) is 80.3. The first-order chi connectivity index (χ1) is 60.6. The topological polar surface area (TPSA) is 0 Å². The summed E-state index contributed by atoms with van der Waals surface area (Å²) >= 11 is 0. The summed E-state index contributed by atoms with van der Waals surface area (Å²) in [5.41, 5.74) is 15.5. The first-order valence-electron chi connectivity index (χ1n) is 42.4. The van der Waals surface area contributed by atoms with Crippen LogP contribution in [-0.2, 0) is 0 Å². The Labute approximate surface area is 705 Å². The predicted octanol–water partition coefficient (Wildman–Crippen LogP) is 34.7. The second-order valence-corrected chi connectivity index (χ2v) is 32.5. The molecule has 0 unspecified atom stereocenters. The molecule has 0 radical (unpaired) electrons. The van der Waals surface area contributed by atoms with Crippen molar-refractivity contribution in [3.05, 3.63) is 461 Å². The van der Waals surface area contributed by atoms with Crippen molar-refractivity contribution >= 4 is 183 Å². The SMILES string of the molecule is c1ccc(-c2c3ccccc3c(-c3cc4ccc5ccccc5c4c4ccccc34)c3ccccc23)cc1.c1ccc2c(-c3c4ccccc4c(-c4cc5ccc6ccccc6c5c5ccccc45)c4ccccc34)cccc2c1.c1ccc2cc(-c3c4ccccc4c(-c4cc5ccc6ccccc6c5c5ccccc45)c4ccccc34)ccc2c1. The molecule has 0 nitrogen and oxygen atoms in total. The lowest BCUT2D eigenvalue weighted by atomic mass is 9.82. The molecule has 0 atom stereocenters. The monoisotopic (exact) mass is 1540 g/mol. The van der Waals surface area contributed by atoms with Crippen LogP contribution in [0.3, 0.4) is 0 Å². The van der Waals surface area contributed by atoms with Crippen molar-refractivity contribution in [2.75, 3.05) is 0 Å². The molecule has 122 heavy (non-hydrogen) atoms. The molecule has 0 aliphatic rings. The predicted molar refractivity (Wildman–Crippen MR) is 530 cm³/mol. The maximum Gasteiger partial charge on any atom is -0.00199 e. The average Bonchev–Trinajstić information content (AvgIpc) is 0.723. The van der Waals surface area contributed by atoms with Crippen LogP contribution in [0.25, 0.3) is 250 Å². The third kappa shape index (κ3) is 11.4. The summed E-state index contributed by atoms with van der Waals surface area (Å²) in [6.07, 6.45) is 0. The van der Waals surface area contributed by atoms with E-state index in [-0.39, 0.29) is 0 Å². The van der Waals surface area contributed by atoms with E-state index in [0.29, 0.717) is 0 Å². The molecular formula is C122H76. The van der Waals surface area contributed by atoms with Crippen molar-refractivity contribution in [3.8, 4) is 66.8 Å². The Bertz CT molecular complexity index is 8650. The van der Waals surface area contributed by atoms with Gasteiger partial charge in [0.25, 0.3) is 0 Å². The van der Waals surface area contributed by atoms with Crippen LogP contribution in [0.15, 0.2) is 461 Å². The smallest absolute Gasteiger partial charge is 0.00199 e. The molecule has 0 saturated carbocycles. The second-order valence-electron chi connectivity index (χ2n) is 32.5. The fourth-order valence-corrected chi connectivity index (χ4v) is 20.8. The quantitative estimate of drug-likeness (QED) is 0.115. The number of hydrogen-bond donors (Lipinski definition) is 0. The third-order valence-corrected chi connectivity index (χ3v) is 26.0. The van der Waals surface area contributed by atoms with Gasteiger partial charge in [-0.15, -0.1) is 0 Å². The van der Waals surface area contributed by atoms with Crippen molar-refractivity contribution in [2.24, 2.45) is 0 Å². The van der Waals surface area contributed by atoms with E-state index >= 15 is 0 Å². The lowest BCUT2D eigenvalue weighted by Crippen LogP contribution is -1.93. The van der Waals surface area contributed by atoms with Gasteiger partial charge in [-0.25, -0.2) is 0 Å². The zero-order valence-corrected chi connectivity index (χ0v) is 66.9. The largest absolute Gasteiger partial charge is 0.0622 e. The highest BCUT2D eigenvalue weighted by Crippen LogP contribution is 2.53. The molecule has 0 spiro atoms. The summed E-state index contributed by atoms with van der Waals surface area (Å²) in [6, 6.07) is 169. The van der Waals surface area contributed by atoms with E-state index < -0.39 is 0 Å². The van der Waals surface area contributed by atoms with Gasteiger partial charge in [0, 0.05) is 0 Å². The van der Waals surface area contributed by atoms with Crippen LogP contribution in [0.2, 0.25) is 0 Å². The minimum Gasteiger partial charge on any atom is -0.0622 e. The molecule has 0 heteroatoms. The normalized spacial score (nSPS) is 11.8. The van der Waals surface area contributed by atoms with Crippen molar-refractivity contribution in [3.63, 3.8) is 0 Å². The van der Waals surface area contributed by atoms with Crippen molar-refractivity contribution in [1.82, 2.24) is 0 Å². The lowest BCUT2D eigenvalue weighted by molar-refractivity contribution is 1.67. The van der Waals surface area contributed by atoms with Crippen molar-refractivity contribution in [2.45, 2.75) is 0 Å². The molecule has 0 saturated heterocycles. The Balaban J connectivity index is 0.000000104. The van der Waals surface area contributed by atoms with Gasteiger partial charge in [0.05, 0.1) is 0 Å². The molecule has 0 N–H and O–H groups in total. The Morgan fingerprint density at radius 3 is 0.656 bits per heavy atom. The molecule has 0 aromatic heterocycles. The highest BCUT2D eigenvalue weighted by molar-refractivity contribution is 6.33. The van der Waals surface area contributed by atoms with E-state index in [1.165, 1.54) is 250 Å². The first kappa shape index (κ1) is 70.4. The maximum absolute atomic E-state index is 2.43. The van der Waals surface area contributed by atoms with Gasteiger partial charge in [0.1, 0.15) is 0 Å². The van der Waals surface area contributed by atoms with Gasteiger partial charge in [0.2, 0.25) is 0 Å². The van der Waals surface area contributed by atoms with Gasteiger partial charge in [0.15, 0.2) is 0 Å². The molecule has 0 aliphatic heterocycles. The summed E-state index contributed by atoms with van der Waals surface area (Å²) in [5.74, 6) is 0. The number of rotatable bonds is 6. The van der Waals surface area contributed by atoms with Crippen molar-refractivity contribution in [1.29, 1.82) is 0 Å². The standard InChI is InChI=1S/2C42H26.C38H24/c1-3-15-30-27(12-1)14-11-23-33(30)41-35-19-7-9-21-37(35)42(38-22-10-8-20-36(38)41)39-26-29-25-24-28-13-2-4-16-31(28)40(29)34-18-6-5-17-32(34)39;1-2-13-29-25-30(23-21-27(29)11-1)41-35-17-7-9-19-37(35)42(38-20-10-8-18-36(38)41)39-26-31-24-22-28-12-3-4-14-32(28)40(31)34-16-6-5-15-33(34)39;1-2-13-26(14-3-1)36-31-18-8-10-20-33(31)38(34-21-11-9-19-32(34)36)35-24-27-23-22-25-12-4-5-15-28(25)37(27)30-17-7-6-16-29(30)35/h2*1-26H;1-24H. The Hall–Kier alpha value is -15.9. The molecule has 26 rings (SSSR count). The highest BCUT2D eigenvalue weighted by atomic mass is 14.3. The molecular weight excluding hydrogens is 1470 g/mol. The minimum absolute atomic E-state index is 1.25. The van der Waals surface area contributed by atoms with Crippen LogP contribution in [0.1, 0.15) is 0 Å². The Kier molecular flexibility index (Phi) is 16.7. The van der Waals surface area contributed by atoms with E-state index in [0.717, 1.165) is 0 Å². The Morgan fingerprint density at radius 1 is 0.0902 bits per heavy atom. The minimum atomic E-state index is 1.25. The van der Waals surface area contributed by atoms with Gasteiger partial charge in [-0.2, -0.15) is 0 Å². The molecule has 26 aromatic rings. The van der Waals surface area contributed by atoms with Crippen LogP contribution in [0, 0.1) is 0 Å². The van der Waals surface area contributed by atoms with Gasteiger partial charge in [-0.1, -0.05) is 437 Å². The van der Waals surface area contributed by atoms with E-state index in [1.54, 1.807) is 0 Å². The highest BCUT2D eigenvalue weighted by Gasteiger charge is 2.25. The van der Waals surface area contributed by atoms with Gasteiger partial charge < -0.3 is 0 Å². The number of hydrogen-bond acceptors (Lipinski definition) is 0. The van der Waals surface area contributed by atoms with Gasteiger partial charge in [-0.3, -0.25) is 0 Å². The fourth-order valence-electron chi connectivity index (χ4n) is 20.8. The number of benzene rings is 26. The number of fused-ring (bicyclic) bond motifs is 23. The Morgan fingerprint density at radius 2 is 0.311 bits per heavy atom. The van der Waals surface area contributed by atoms with E-state index in [2.05, 4.69) is 461 Å². The summed E-state index contributed by atoms with van der Waals surface area (Å²) in [4.78, 5) is 0. The molecule has 0 fully saturated rings. The molecule has 564 valence electrons. The molecule has 26 aromatic carbocycles. The average molecular weight is 1540 g/mol. The van der Waals surface area contributed by atoms with Crippen LogP contribution in [-0.4, -0.2) is 0 Å². The van der Waals surface area contributed by atoms with Crippen LogP contribution in [0.5, 0.6) is 0 Å². The summed E-state index contributed by atoms with van der Waals surface area (Å²) in [5, 5.41) is 43.8. The lowest BCUT2D eigenvalue weighted by Gasteiger charge is -2.20. The van der Waals surface area contributed by atoms with Crippen LogP contribution in [0.4, 0.5) is 0 Å². The van der Waals surface area contributed by atoms with E-state index in [4.69, 9.17) is 0 Å². The molecule has 0 heterocycles. The molecule has 0 amide bonds. The summed E-state index contributed by atoms with van der Waals surface area (Å²) in [7, 11) is 0. The summed E-state index contributed by atoms with van der Waals surface area (Å²) in [6.45, 7) is 0. The van der Waals surface area contributed by atoms with E-state index in [9.17, 15) is 0 Å². The first-order valence-corrected chi connectivity index (χ1v) is 42.4. The van der Waals surface area contributed by atoms with Crippen LogP contribution >= 0.6 is 0 Å².